The summed E-state index contributed by atoms with van der Waals surface area (Å²) in [6.45, 7) is 3.10. The van der Waals surface area contributed by atoms with Crippen LogP contribution in [0.4, 0.5) is 17.3 Å². The summed E-state index contributed by atoms with van der Waals surface area (Å²) in [4.78, 5) is 8.58. The topological polar surface area (TPSA) is 49.8 Å². The van der Waals surface area contributed by atoms with Gasteiger partial charge in [-0.2, -0.15) is 0 Å². The van der Waals surface area contributed by atoms with Crippen molar-refractivity contribution < 1.29 is 0 Å². The Kier molecular flexibility index (Phi) is 4.34. The molecule has 1 fully saturated rings. The van der Waals surface area contributed by atoms with E-state index in [1.165, 1.54) is 31.2 Å². The molecule has 110 valence electrons. The highest BCUT2D eigenvalue weighted by atomic mass is 15.1. The van der Waals surface area contributed by atoms with Crippen molar-refractivity contribution in [3.05, 3.63) is 42.2 Å². The number of aromatic nitrogens is 2. The number of aryl methyl sites for hydroxylation is 1. The van der Waals surface area contributed by atoms with Crippen molar-refractivity contribution in [3.8, 4) is 0 Å². The summed E-state index contributed by atoms with van der Waals surface area (Å²) in [5.74, 6) is 2.52. The number of hydrogen-bond acceptors (Lipinski definition) is 4. The van der Waals surface area contributed by atoms with Crippen LogP contribution in [0.3, 0.4) is 0 Å². The van der Waals surface area contributed by atoms with Gasteiger partial charge in [0.1, 0.15) is 18.0 Å². The molecule has 1 saturated carbocycles. The quantitative estimate of drug-likeness (QED) is 0.865. The average Bonchev–Trinajstić information content (AvgIpc) is 2.99. The van der Waals surface area contributed by atoms with Gasteiger partial charge >= 0.3 is 0 Å². The normalized spacial score (nSPS) is 15.1. The molecular weight excluding hydrogens is 260 g/mol. The molecule has 0 amide bonds. The molecule has 1 heterocycles. The highest BCUT2D eigenvalue weighted by Gasteiger charge is 2.14. The molecule has 21 heavy (non-hydrogen) atoms. The van der Waals surface area contributed by atoms with E-state index in [0.717, 1.165) is 29.8 Å². The Morgan fingerprint density at radius 3 is 2.71 bits per heavy atom. The van der Waals surface area contributed by atoms with Crippen LogP contribution in [0.15, 0.2) is 36.7 Å². The van der Waals surface area contributed by atoms with Gasteiger partial charge in [-0.15, -0.1) is 0 Å². The fourth-order valence-corrected chi connectivity index (χ4v) is 2.86. The fourth-order valence-electron chi connectivity index (χ4n) is 2.86. The first kappa shape index (κ1) is 13.9. The molecule has 1 aromatic heterocycles. The molecule has 0 spiro atoms. The molecule has 1 aliphatic carbocycles. The van der Waals surface area contributed by atoms with E-state index in [-0.39, 0.29) is 0 Å². The van der Waals surface area contributed by atoms with E-state index in [2.05, 4.69) is 39.7 Å². The minimum absolute atomic E-state index is 0.799. The Hall–Kier alpha value is -2.10. The van der Waals surface area contributed by atoms with Crippen molar-refractivity contribution in [1.29, 1.82) is 0 Å². The first-order valence-corrected chi connectivity index (χ1v) is 7.69. The standard InChI is InChI=1S/C17H22N4/c1-13-5-4-8-15(9-13)21-17-10-16(19-12-20-17)18-11-14-6-2-3-7-14/h4-5,8-10,12,14H,2-3,6-7,11H2,1H3,(H2,18,19,20,21). The molecule has 4 nitrogen and oxygen atoms in total. The average molecular weight is 282 g/mol. The Morgan fingerprint density at radius 2 is 1.90 bits per heavy atom. The smallest absolute Gasteiger partial charge is 0.135 e. The number of nitrogens with one attached hydrogen (secondary N) is 2. The van der Waals surface area contributed by atoms with Gasteiger partial charge in [-0.25, -0.2) is 9.97 Å². The van der Waals surface area contributed by atoms with E-state index in [1.54, 1.807) is 6.33 Å². The van der Waals surface area contributed by atoms with Gasteiger partial charge < -0.3 is 10.6 Å². The van der Waals surface area contributed by atoms with Gasteiger partial charge in [0.05, 0.1) is 0 Å². The second kappa shape index (κ2) is 6.57. The zero-order valence-corrected chi connectivity index (χ0v) is 12.5. The molecule has 4 heteroatoms. The summed E-state index contributed by atoms with van der Waals surface area (Å²) in [5, 5.41) is 6.76. The van der Waals surface area contributed by atoms with Crippen LogP contribution in [0, 0.1) is 12.8 Å². The lowest BCUT2D eigenvalue weighted by atomic mass is 10.1. The van der Waals surface area contributed by atoms with Crippen molar-refractivity contribution in [2.45, 2.75) is 32.6 Å². The van der Waals surface area contributed by atoms with E-state index in [9.17, 15) is 0 Å². The van der Waals surface area contributed by atoms with Crippen LogP contribution >= 0.6 is 0 Å². The molecular formula is C17H22N4. The van der Waals surface area contributed by atoms with Gasteiger partial charge in [0, 0.05) is 18.3 Å². The van der Waals surface area contributed by atoms with Crippen LogP contribution in [0.25, 0.3) is 0 Å². The zero-order chi connectivity index (χ0) is 14.5. The van der Waals surface area contributed by atoms with Gasteiger partial charge in [-0.1, -0.05) is 25.0 Å². The van der Waals surface area contributed by atoms with Crippen molar-refractivity contribution in [2.75, 3.05) is 17.2 Å². The highest BCUT2D eigenvalue weighted by Crippen LogP contribution is 2.25. The molecule has 0 atom stereocenters. The maximum absolute atomic E-state index is 4.30. The molecule has 0 saturated heterocycles. The van der Waals surface area contributed by atoms with Gasteiger partial charge in [0.2, 0.25) is 0 Å². The first-order chi connectivity index (χ1) is 10.3. The van der Waals surface area contributed by atoms with Gasteiger partial charge in [0.25, 0.3) is 0 Å². The maximum Gasteiger partial charge on any atom is 0.135 e. The number of anilines is 3. The summed E-state index contributed by atoms with van der Waals surface area (Å²) in [5.41, 5.74) is 2.28. The molecule has 3 rings (SSSR count). The van der Waals surface area contributed by atoms with E-state index < -0.39 is 0 Å². The third kappa shape index (κ3) is 3.94. The van der Waals surface area contributed by atoms with E-state index in [1.807, 2.05) is 18.2 Å². The molecule has 0 bridgehead atoms. The number of hydrogen-bond donors (Lipinski definition) is 2. The van der Waals surface area contributed by atoms with Crippen molar-refractivity contribution >= 4 is 17.3 Å². The molecule has 2 aromatic rings. The largest absolute Gasteiger partial charge is 0.370 e. The summed E-state index contributed by atoms with van der Waals surface area (Å²) in [6.07, 6.45) is 7.03. The van der Waals surface area contributed by atoms with Crippen LogP contribution in [-0.4, -0.2) is 16.5 Å². The summed E-state index contributed by atoms with van der Waals surface area (Å²) in [6, 6.07) is 10.2. The number of rotatable bonds is 5. The van der Waals surface area contributed by atoms with E-state index in [0.29, 0.717) is 0 Å². The third-order valence-electron chi connectivity index (χ3n) is 4.00. The van der Waals surface area contributed by atoms with Crippen LogP contribution in [0.2, 0.25) is 0 Å². The molecule has 0 aliphatic heterocycles. The fraction of sp³-hybridized carbons (Fsp3) is 0.412. The zero-order valence-electron chi connectivity index (χ0n) is 12.5. The SMILES string of the molecule is Cc1cccc(Nc2cc(NCC3CCCC3)ncn2)c1. The lowest BCUT2D eigenvalue weighted by molar-refractivity contribution is 0.579. The Balaban J connectivity index is 1.62. The molecule has 1 aromatic carbocycles. The van der Waals surface area contributed by atoms with Gasteiger partial charge in [-0.3, -0.25) is 0 Å². The third-order valence-corrected chi connectivity index (χ3v) is 4.00. The highest BCUT2D eigenvalue weighted by molar-refractivity contribution is 5.59. The lowest BCUT2D eigenvalue weighted by Crippen LogP contribution is -2.12. The van der Waals surface area contributed by atoms with E-state index in [4.69, 9.17) is 0 Å². The minimum Gasteiger partial charge on any atom is -0.370 e. The Labute approximate surface area is 126 Å². The lowest BCUT2D eigenvalue weighted by Gasteiger charge is -2.12. The maximum atomic E-state index is 4.30. The summed E-state index contributed by atoms with van der Waals surface area (Å²) in [7, 11) is 0. The first-order valence-electron chi connectivity index (χ1n) is 7.69. The Bertz CT molecular complexity index is 591. The van der Waals surface area contributed by atoms with Crippen molar-refractivity contribution in [3.63, 3.8) is 0 Å². The molecule has 0 radical (unpaired) electrons. The second-order valence-corrected chi connectivity index (χ2v) is 5.81. The monoisotopic (exact) mass is 282 g/mol. The minimum atomic E-state index is 0.799. The van der Waals surface area contributed by atoms with Crippen LogP contribution in [0.5, 0.6) is 0 Å². The van der Waals surface area contributed by atoms with Crippen molar-refractivity contribution in [1.82, 2.24) is 9.97 Å². The predicted molar refractivity (Wildman–Crippen MR) is 86.9 cm³/mol. The Morgan fingerprint density at radius 1 is 1.10 bits per heavy atom. The molecule has 1 aliphatic rings. The summed E-state index contributed by atoms with van der Waals surface area (Å²) < 4.78 is 0. The van der Waals surface area contributed by atoms with Crippen LogP contribution in [0.1, 0.15) is 31.2 Å². The van der Waals surface area contributed by atoms with Gasteiger partial charge in [0.15, 0.2) is 0 Å². The van der Waals surface area contributed by atoms with E-state index >= 15 is 0 Å². The van der Waals surface area contributed by atoms with Crippen LogP contribution in [-0.2, 0) is 0 Å². The van der Waals surface area contributed by atoms with Gasteiger partial charge in [-0.05, 0) is 43.4 Å². The van der Waals surface area contributed by atoms with Crippen molar-refractivity contribution in [2.24, 2.45) is 5.92 Å². The number of nitrogens with zero attached hydrogens (tertiary/aromatic N) is 2. The number of benzene rings is 1. The van der Waals surface area contributed by atoms with Crippen LogP contribution < -0.4 is 10.6 Å². The summed E-state index contributed by atoms with van der Waals surface area (Å²) >= 11 is 0. The molecule has 2 N–H and O–H groups in total. The second-order valence-electron chi connectivity index (χ2n) is 5.81. The molecule has 0 unspecified atom stereocenters. The predicted octanol–water partition coefficient (Wildman–Crippen LogP) is 4.13.